The van der Waals surface area contributed by atoms with Crippen LogP contribution in [-0.2, 0) is 15.5 Å². The minimum atomic E-state index is -4.94. The molecule has 0 unspecified atom stereocenters. The highest BCUT2D eigenvalue weighted by atomic mass is 19.4. The Morgan fingerprint density at radius 2 is 1.60 bits per heavy atom. The lowest BCUT2D eigenvalue weighted by atomic mass is 9.78. The number of hydrogen-bond donors (Lipinski definition) is 1. The number of rotatable bonds is 1. The summed E-state index contributed by atoms with van der Waals surface area (Å²) in [5.41, 5.74) is 1.24. The fraction of sp³-hybridized carbons (Fsp3) is 0.538. The summed E-state index contributed by atoms with van der Waals surface area (Å²) in [6, 6.07) is -2.64. The van der Waals surface area contributed by atoms with E-state index in [1.165, 1.54) is 0 Å². The summed E-state index contributed by atoms with van der Waals surface area (Å²) in [5, 5.41) is 0. The van der Waals surface area contributed by atoms with Crippen LogP contribution in [0, 0.1) is 0 Å². The Morgan fingerprint density at radius 1 is 1.10 bits per heavy atom. The molecule has 0 radical (unpaired) electrons. The van der Waals surface area contributed by atoms with Crippen molar-refractivity contribution in [2.24, 2.45) is 0 Å². The van der Waals surface area contributed by atoms with E-state index in [0.29, 0.717) is 0 Å². The maximum absolute atomic E-state index is 13.2. The van der Waals surface area contributed by atoms with E-state index in [9.17, 15) is 13.2 Å². The van der Waals surface area contributed by atoms with Crippen molar-refractivity contribution >= 4 is 18.3 Å². The summed E-state index contributed by atoms with van der Waals surface area (Å²) in [6.07, 6.45) is -4.94. The van der Waals surface area contributed by atoms with Crippen molar-refractivity contribution < 1.29 is 26.6 Å². The molecule has 2 N–H and O–H groups in total. The maximum atomic E-state index is 13.2. The fourth-order valence-corrected chi connectivity index (χ4v) is 1.73. The van der Waals surface area contributed by atoms with Gasteiger partial charge in [-0.2, -0.15) is 13.2 Å². The minimum Gasteiger partial charge on any atom is -0.399 e. The first kappa shape index (κ1) is 11.5. The van der Waals surface area contributed by atoms with E-state index >= 15 is 0 Å². The number of nitrogens with two attached hydrogens (primary N) is 1. The zero-order chi connectivity index (χ0) is 18.0. The molecule has 1 aromatic rings. The van der Waals surface area contributed by atoms with Gasteiger partial charge in [-0.05, 0) is 45.2 Å². The second kappa shape index (κ2) is 4.39. The molecule has 1 heterocycles. The molecule has 0 bridgehead atoms. The van der Waals surface area contributed by atoms with Crippen molar-refractivity contribution in [2.45, 2.75) is 45.1 Å². The van der Waals surface area contributed by atoms with Gasteiger partial charge in [-0.25, -0.2) is 0 Å². The Kier molecular flexibility index (Phi) is 2.52. The third-order valence-electron chi connectivity index (χ3n) is 3.56. The lowest BCUT2D eigenvalue weighted by molar-refractivity contribution is -0.137. The van der Waals surface area contributed by atoms with Gasteiger partial charge in [0, 0.05) is 5.69 Å². The normalized spacial score (nSPS) is 23.4. The molecule has 20 heavy (non-hydrogen) atoms. The van der Waals surface area contributed by atoms with Crippen LogP contribution in [-0.4, -0.2) is 18.3 Å². The van der Waals surface area contributed by atoms with E-state index in [1.54, 1.807) is 27.7 Å². The second-order valence-electron chi connectivity index (χ2n) is 5.66. The SMILES string of the molecule is [2H]c1c(N)c([2H])c(C(F)(F)F)c([2H])c1B1OC(C)(C)C(C)(C)O1. The molecule has 0 spiro atoms. The Balaban J connectivity index is 2.68. The Labute approximate surface area is 120 Å². The summed E-state index contributed by atoms with van der Waals surface area (Å²) >= 11 is 0. The molecular formula is C13H17BF3NO2. The van der Waals surface area contributed by atoms with Crippen LogP contribution in [0.15, 0.2) is 18.1 Å². The molecule has 0 saturated carbocycles. The number of anilines is 1. The summed E-state index contributed by atoms with van der Waals surface area (Å²) < 4.78 is 73.9. The van der Waals surface area contributed by atoms with Crippen molar-refractivity contribution in [2.75, 3.05) is 5.73 Å². The van der Waals surface area contributed by atoms with Crippen LogP contribution >= 0.6 is 0 Å². The lowest BCUT2D eigenvalue weighted by Gasteiger charge is -2.32. The first-order valence-electron chi connectivity index (χ1n) is 7.52. The summed E-state index contributed by atoms with van der Waals surface area (Å²) in [6.45, 7) is 6.81. The standard InChI is InChI=1S/C13H17BF3NO2/c1-11(2)12(3,4)20-14(19-11)9-5-8(13(15,16)17)6-10(18)7-9/h5-7H,18H2,1-4H3/i5D,6D,7D. The highest BCUT2D eigenvalue weighted by Crippen LogP contribution is 2.37. The predicted molar refractivity (Wildman–Crippen MR) is 71.6 cm³/mol. The molecule has 110 valence electrons. The van der Waals surface area contributed by atoms with Crippen LogP contribution in [0.2, 0.25) is 0 Å². The first-order valence-corrected chi connectivity index (χ1v) is 6.02. The number of hydrogen-bond acceptors (Lipinski definition) is 3. The van der Waals surface area contributed by atoms with Gasteiger partial charge in [0.1, 0.15) is 0 Å². The molecule has 1 aromatic carbocycles. The molecule has 0 aromatic heterocycles. The highest BCUT2D eigenvalue weighted by Gasteiger charge is 2.52. The number of nitrogen functional groups attached to an aromatic ring is 1. The van der Waals surface area contributed by atoms with Gasteiger partial charge < -0.3 is 15.0 Å². The third kappa shape index (κ3) is 2.65. The van der Waals surface area contributed by atoms with Crippen molar-refractivity contribution in [3.8, 4) is 0 Å². The zero-order valence-corrected chi connectivity index (χ0v) is 11.6. The van der Waals surface area contributed by atoms with Crippen molar-refractivity contribution in [3.05, 3.63) is 23.7 Å². The monoisotopic (exact) mass is 290 g/mol. The van der Waals surface area contributed by atoms with Crippen molar-refractivity contribution in [1.29, 1.82) is 0 Å². The van der Waals surface area contributed by atoms with Crippen LogP contribution < -0.4 is 11.2 Å². The topological polar surface area (TPSA) is 44.5 Å². The summed E-state index contributed by atoms with van der Waals surface area (Å²) in [7, 11) is -1.33. The molecule has 7 heteroatoms. The summed E-state index contributed by atoms with van der Waals surface area (Å²) in [5.74, 6) is 0. The molecule has 3 nitrogen and oxygen atoms in total. The van der Waals surface area contributed by atoms with Gasteiger partial charge in [-0.3, -0.25) is 0 Å². The van der Waals surface area contributed by atoms with E-state index in [2.05, 4.69) is 0 Å². The van der Waals surface area contributed by atoms with E-state index < -0.39 is 59.3 Å². The quantitative estimate of drug-likeness (QED) is 0.638. The molecule has 0 atom stereocenters. The molecule has 1 fully saturated rings. The van der Waals surface area contributed by atoms with Crippen LogP contribution in [0.5, 0.6) is 0 Å². The number of benzene rings is 1. The van der Waals surface area contributed by atoms with Gasteiger partial charge in [0.05, 0.1) is 20.9 Å². The van der Waals surface area contributed by atoms with E-state index in [0.717, 1.165) is 0 Å². The molecule has 0 amide bonds. The van der Waals surface area contributed by atoms with Crippen molar-refractivity contribution in [3.63, 3.8) is 0 Å². The van der Waals surface area contributed by atoms with Gasteiger partial charge in [-0.1, -0.05) is 6.04 Å². The molecule has 1 saturated heterocycles. The Hall–Kier alpha value is -1.21. The minimum absolute atomic E-state index is 0.413. The van der Waals surface area contributed by atoms with Crippen LogP contribution in [0.25, 0.3) is 0 Å². The van der Waals surface area contributed by atoms with E-state index in [4.69, 9.17) is 19.2 Å². The van der Waals surface area contributed by atoms with Gasteiger partial charge >= 0.3 is 13.3 Å². The van der Waals surface area contributed by atoms with Crippen LogP contribution in [0.1, 0.15) is 37.4 Å². The fourth-order valence-electron chi connectivity index (χ4n) is 1.73. The van der Waals surface area contributed by atoms with Crippen molar-refractivity contribution in [1.82, 2.24) is 0 Å². The Bertz CT molecular complexity index is 649. The third-order valence-corrected chi connectivity index (χ3v) is 3.56. The summed E-state index contributed by atoms with van der Waals surface area (Å²) in [4.78, 5) is 0. The highest BCUT2D eigenvalue weighted by molar-refractivity contribution is 6.62. The second-order valence-corrected chi connectivity index (χ2v) is 5.66. The predicted octanol–water partition coefficient (Wildman–Crippen LogP) is 2.59. The molecule has 1 aliphatic heterocycles. The average Bonchev–Trinajstić information content (AvgIpc) is 2.53. The first-order chi connectivity index (χ1) is 10.2. The molecule has 1 aliphatic rings. The van der Waals surface area contributed by atoms with E-state index in [-0.39, 0.29) is 0 Å². The van der Waals surface area contributed by atoms with Gasteiger partial charge in [-0.15, -0.1) is 0 Å². The lowest BCUT2D eigenvalue weighted by Crippen LogP contribution is -2.41. The van der Waals surface area contributed by atoms with Crippen LogP contribution in [0.3, 0.4) is 0 Å². The Morgan fingerprint density at radius 3 is 2.05 bits per heavy atom. The van der Waals surface area contributed by atoms with Gasteiger partial charge in [0.15, 0.2) is 0 Å². The molecular weight excluding hydrogens is 270 g/mol. The smallest absolute Gasteiger partial charge is 0.399 e. The number of halogens is 3. The van der Waals surface area contributed by atoms with Gasteiger partial charge in [0.2, 0.25) is 0 Å². The van der Waals surface area contributed by atoms with Crippen LogP contribution in [0.4, 0.5) is 18.9 Å². The van der Waals surface area contributed by atoms with Gasteiger partial charge in [0.25, 0.3) is 0 Å². The largest absolute Gasteiger partial charge is 0.494 e. The average molecular weight is 290 g/mol. The maximum Gasteiger partial charge on any atom is 0.494 e. The zero-order valence-electron chi connectivity index (χ0n) is 14.6. The van der Waals surface area contributed by atoms with E-state index in [1.807, 2.05) is 0 Å². The molecule has 2 rings (SSSR count). The molecule has 0 aliphatic carbocycles. The number of alkyl halides is 3.